The summed E-state index contributed by atoms with van der Waals surface area (Å²) in [5, 5.41) is 4.04. The number of rotatable bonds is 3. The van der Waals surface area contributed by atoms with Gasteiger partial charge in [0.2, 0.25) is 5.91 Å². The highest BCUT2D eigenvalue weighted by Crippen LogP contribution is 2.40. The van der Waals surface area contributed by atoms with Crippen LogP contribution >= 0.6 is 11.3 Å². The number of fused-ring (bicyclic) bond motifs is 3. The highest BCUT2D eigenvalue weighted by Gasteiger charge is 2.41. The molecule has 2 aliphatic carbocycles. The van der Waals surface area contributed by atoms with Crippen LogP contribution in [0.2, 0.25) is 0 Å². The molecular weight excluding hydrogens is 368 g/mol. The second-order valence-electron chi connectivity index (χ2n) is 7.95. The van der Waals surface area contributed by atoms with Crippen molar-refractivity contribution in [2.45, 2.75) is 32.1 Å². The molecule has 3 aromatic rings. The number of aromatic nitrogens is 1. The first-order chi connectivity index (χ1) is 13.7. The molecule has 2 aromatic carbocycles. The highest BCUT2D eigenvalue weighted by atomic mass is 32.1. The number of para-hydroxylation sites is 1. The van der Waals surface area contributed by atoms with E-state index in [0.717, 1.165) is 45.7 Å². The molecule has 0 aliphatic heterocycles. The lowest BCUT2D eigenvalue weighted by Crippen LogP contribution is -2.40. The third kappa shape index (κ3) is 3.24. The van der Waals surface area contributed by atoms with Crippen LogP contribution in [-0.4, -0.2) is 16.7 Å². The standard InChI is InChI=1S/C23H22N2O2S/c26-21-14-5-3-6-15(21)12-17(11-14)22(27)24-18-8-4-7-16(13-18)23-25-19-9-1-2-10-20(19)28-23/h1-2,4,7-10,13-15,17H,3,5-6,11-12H2,(H,24,27). The molecule has 2 saturated carbocycles. The Morgan fingerprint density at radius 1 is 1.04 bits per heavy atom. The van der Waals surface area contributed by atoms with Gasteiger partial charge in [-0.1, -0.05) is 30.7 Å². The molecule has 1 amide bonds. The van der Waals surface area contributed by atoms with Crippen LogP contribution in [0.3, 0.4) is 0 Å². The van der Waals surface area contributed by atoms with E-state index in [-0.39, 0.29) is 23.7 Å². The number of carbonyl (C=O) groups is 2. The van der Waals surface area contributed by atoms with Gasteiger partial charge in [-0.2, -0.15) is 0 Å². The van der Waals surface area contributed by atoms with E-state index < -0.39 is 0 Å². The Morgan fingerprint density at radius 3 is 2.61 bits per heavy atom. The van der Waals surface area contributed by atoms with E-state index >= 15 is 0 Å². The number of Topliss-reactive ketones (excluding diaryl/α,β-unsaturated/α-hetero) is 1. The van der Waals surface area contributed by atoms with Crippen LogP contribution in [-0.2, 0) is 9.59 Å². The summed E-state index contributed by atoms with van der Waals surface area (Å²) in [5.74, 6) is 0.577. The summed E-state index contributed by atoms with van der Waals surface area (Å²) in [4.78, 5) is 29.8. The molecule has 1 aromatic heterocycles. The van der Waals surface area contributed by atoms with Gasteiger partial charge in [-0.3, -0.25) is 9.59 Å². The molecule has 2 atom stereocenters. The number of nitrogens with zero attached hydrogens (tertiary/aromatic N) is 1. The van der Waals surface area contributed by atoms with Crippen molar-refractivity contribution in [3.63, 3.8) is 0 Å². The van der Waals surface area contributed by atoms with Crippen LogP contribution in [0, 0.1) is 17.8 Å². The molecule has 0 radical (unpaired) electrons. The summed E-state index contributed by atoms with van der Waals surface area (Å²) in [6.45, 7) is 0. The van der Waals surface area contributed by atoms with Crippen LogP contribution in [0.1, 0.15) is 32.1 Å². The maximum atomic E-state index is 12.9. The number of carbonyl (C=O) groups excluding carboxylic acids is 2. The van der Waals surface area contributed by atoms with Crippen LogP contribution in [0.15, 0.2) is 48.5 Å². The van der Waals surface area contributed by atoms with E-state index in [1.54, 1.807) is 11.3 Å². The van der Waals surface area contributed by atoms with E-state index in [2.05, 4.69) is 11.4 Å². The third-order valence-electron chi connectivity index (χ3n) is 6.09. The van der Waals surface area contributed by atoms with Gasteiger partial charge in [-0.15, -0.1) is 11.3 Å². The Balaban J connectivity index is 1.34. The zero-order valence-corrected chi connectivity index (χ0v) is 16.4. The predicted molar refractivity (Wildman–Crippen MR) is 112 cm³/mol. The molecule has 0 spiro atoms. The van der Waals surface area contributed by atoms with E-state index in [1.807, 2.05) is 42.5 Å². The molecule has 5 rings (SSSR count). The van der Waals surface area contributed by atoms with Crippen LogP contribution in [0.5, 0.6) is 0 Å². The molecule has 2 bridgehead atoms. The second-order valence-corrected chi connectivity index (χ2v) is 8.98. The molecule has 2 fully saturated rings. The minimum Gasteiger partial charge on any atom is -0.326 e. The quantitative estimate of drug-likeness (QED) is 0.660. The fourth-order valence-corrected chi connectivity index (χ4v) is 5.63. The molecule has 1 N–H and O–H groups in total. The summed E-state index contributed by atoms with van der Waals surface area (Å²) in [7, 11) is 0. The van der Waals surface area contributed by atoms with Crippen LogP contribution < -0.4 is 5.32 Å². The van der Waals surface area contributed by atoms with Crippen molar-refractivity contribution in [3.8, 4) is 10.6 Å². The average Bonchev–Trinajstić information content (AvgIpc) is 3.12. The van der Waals surface area contributed by atoms with Crippen molar-refractivity contribution in [3.05, 3.63) is 48.5 Å². The lowest BCUT2D eigenvalue weighted by atomic mass is 9.67. The van der Waals surface area contributed by atoms with E-state index in [0.29, 0.717) is 18.6 Å². The summed E-state index contributed by atoms with van der Waals surface area (Å²) < 4.78 is 1.16. The van der Waals surface area contributed by atoms with Crippen molar-refractivity contribution in [2.75, 3.05) is 5.32 Å². The summed E-state index contributed by atoms with van der Waals surface area (Å²) in [6.07, 6.45) is 4.44. The third-order valence-corrected chi connectivity index (χ3v) is 7.18. The largest absolute Gasteiger partial charge is 0.326 e. The Kier molecular flexibility index (Phi) is 4.47. The second kappa shape index (κ2) is 7.13. The molecule has 2 unspecified atom stereocenters. The van der Waals surface area contributed by atoms with Crippen molar-refractivity contribution >= 4 is 38.9 Å². The van der Waals surface area contributed by atoms with Gasteiger partial charge in [-0.05, 0) is 49.9 Å². The van der Waals surface area contributed by atoms with Crippen LogP contribution in [0.4, 0.5) is 5.69 Å². The van der Waals surface area contributed by atoms with Crippen molar-refractivity contribution in [1.82, 2.24) is 4.98 Å². The minimum atomic E-state index is -0.0564. The van der Waals surface area contributed by atoms with Crippen molar-refractivity contribution in [1.29, 1.82) is 0 Å². The number of amides is 1. The number of nitrogens with one attached hydrogen (secondary N) is 1. The van der Waals surface area contributed by atoms with Crippen molar-refractivity contribution in [2.24, 2.45) is 17.8 Å². The van der Waals surface area contributed by atoms with E-state index in [9.17, 15) is 9.59 Å². The first-order valence-electron chi connectivity index (χ1n) is 9.98. The summed E-state index contributed by atoms with van der Waals surface area (Å²) in [5.41, 5.74) is 2.80. The van der Waals surface area contributed by atoms with Crippen molar-refractivity contribution < 1.29 is 9.59 Å². The van der Waals surface area contributed by atoms with Gasteiger partial charge in [0, 0.05) is 29.0 Å². The van der Waals surface area contributed by atoms with Gasteiger partial charge in [0.15, 0.2) is 0 Å². The maximum Gasteiger partial charge on any atom is 0.227 e. The molecule has 2 aliphatic rings. The molecular formula is C23H22N2O2S. The number of anilines is 1. The molecule has 0 saturated heterocycles. The summed E-state index contributed by atoms with van der Waals surface area (Å²) in [6, 6.07) is 16.0. The number of hydrogen-bond donors (Lipinski definition) is 1. The smallest absolute Gasteiger partial charge is 0.227 e. The normalized spacial score (nSPS) is 24.3. The number of thiazole rings is 1. The monoisotopic (exact) mass is 390 g/mol. The van der Waals surface area contributed by atoms with E-state index in [1.165, 1.54) is 0 Å². The average molecular weight is 391 g/mol. The summed E-state index contributed by atoms with van der Waals surface area (Å²) >= 11 is 1.66. The van der Waals surface area contributed by atoms with Crippen LogP contribution in [0.25, 0.3) is 20.8 Å². The van der Waals surface area contributed by atoms with Gasteiger partial charge in [0.05, 0.1) is 10.2 Å². The minimum absolute atomic E-state index is 0.0471. The molecule has 4 nitrogen and oxygen atoms in total. The van der Waals surface area contributed by atoms with E-state index in [4.69, 9.17) is 4.98 Å². The van der Waals surface area contributed by atoms with Gasteiger partial charge in [0.1, 0.15) is 10.8 Å². The Morgan fingerprint density at radius 2 is 1.82 bits per heavy atom. The zero-order chi connectivity index (χ0) is 19.1. The van der Waals surface area contributed by atoms with Gasteiger partial charge in [-0.25, -0.2) is 4.98 Å². The lowest BCUT2D eigenvalue weighted by Gasteiger charge is -2.36. The first-order valence-corrected chi connectivity index (χ1v) is 10.8. The Bertz CT molecular complexity index is 1010. The topological polar surface area (TPSA) is 59.1 Å². The molecule has 142 valence electrons. The number of ketones is 1. The maximum absolute atomic E-state index is 12.9. The number of benzene rings is 2. The zero-order valence-electron chi connectivity index (χ0n) is 15.6. The fourth-order valence-electron chi connectivity index (χ4n) is 4.66. The SMILES string of the molecule is O=C(Nc1cccc(-c2nc3ccccc3s2)c1)C1CC2CCCC(C1)C2=O. The molecule has 1 heterocycles. The first kappa shape index (κ1) is 17.6. The highest BCUT2D eigenvalue weighted by molar-refractivity contribution is 7.21. The fraction of sp³-hybridized carbons (Fsp3) is 0.348. The molecule has 28 heavy (non-hydrogen) atoms. The predicted octanol–water partition coefficient (Wildman–Crippen LogP) is 5.30. The van der Waals surface area contributed by atoms with Gasteiger partial charge < -0.3 is 5.32 Å². The Labute approximate surface area is 168 Å². The molecule has 5 heteroatoms. The lowest BCUT2D eigenvalue weighted by molar-refractivity contribution is -0.136. The Hall–Kier alpha value is -2.53. The van der Waals surface area contributed by atoms with Gasteiger partial charge >= 0.3 is 0 Å². The number of hydrogen-bond acceptors (Lipinski definition) is 4. The van der Waals surface area contributed by atoms with Gasteiger partial charge in [0.25, 0.3) is 0 Å².